The number of anilines is 1. The number of benzene rings is 1. The van der Waals surface area contributed by atoms with Gasteiger partial charge >= 0.3 is 0 Å². The van der Waals surface area contributed by atoms with Gasteiger partial charge in [-0.15, -0.1) is 0 Å². The van der Waals surface area contributed by atoms with Crippen LogP contribution in [0.5, 0.6) is 11.5 Å². The van der Waals surface area contributed by atoms with Crippen LogP contribution in [0.3, 0.4) is 0 Å². The molecule has 162 valence electrons. The van der Waals surface area contributed by atoms with Crippen LogP contribution in [0.25, 0.3) is 5.65 Å². The number of aromatic nitrogens is 3. The Bertz CT molecular complexity index is 1180. The third-order valence-electron chi connectivity index (χ3n) is 5.41. The maximum absolute atomic E-state index is 14.1. The number of rotatable bonds is 1. The normalized spacial score (nSPS) is 20.1. The molecular formula is C21H21F2N5O3. The Morgan fingerprint density at radius 2 is 2.13 bits per heavy atom. The third-order valence-corrected chi connectivity index (χ3v) is 5.41. The summed E-state index contributed by atoms with van der Waals surface area (Å²) in [5.41, 5.74) is 0.412. The lowest BCUT2D eigenvalue weighted by molar-refractivity contribution is 0.0882. The second-order valence-electron chi connectivity index (χ2n) is 8.38. The van der Waals surface area contributed by atoms with Gasteiger partial charge in [0.25, 0.3) is 5.91 Å². The third kappa shape index (κ3) is 3.41. The molecule has 2 aliphatic heterocycles. The highest BCUT2D eigenvalue weighted by molar-refractivity contribution is 6.00. The summed E-state index contributed by atoms with van der Waals surface area (Å²) < 4.78 is 41.1. The molecule has 0 spiro atoms. The van der Waals surface area contributed by atoms with Gasteiger partial charge in [0.15, 0.2) is 17.2 Å². The molecule has 0 aliphatic carbocycles. The summed E-state index contributed by atoms with van der Waals surface area (Å²) in [6.45, 7) is 3.37. The molecule has 1 N–H and O–H groups in total. The molecular weight excluding hydrogens is 408 g/mol. The molecule has 2 aromatic heterocycles. The molecule has 2 bridgehead atoms. The number of fused-ring (bicyclic) bond motifs is 1. The molecule has 1 amide bonds. The molecule has 3 aromatic rings. The van der Waals surface area contributed by atoms with Crippen molar-refractivity contribution < 1.29 is 23.0 Å². The van der Waals surface area contributed by atoms with Crippen LogP contribution in [0.2, 0.25) is 0 Å². The summed E-state index contributed by atoms with van der Waals surface area (Å²) in [6.07, 6.45) is 3.05. The Morgan fingerprint density at radius 3 is 2.94 bits per heavy atom. The fourth-order valence-electron chi connectivity index (χ4n) is 3.80. The van der Waals surface area contributed by atoms with E-state index in [4.69, 9.17) is 9.47 Å². The van der Waals surface area contributed by atoms with Gasteiger partial charge in [0, 0.05) is 12.1 Å². The molecule has 5 rings (SSSR count). The summed E-state index contributed by atoms with van der Waals surface area (Å²) in [4.78, 5) is 19.3. The van der Waals surface area contributed by atoms with E-state index >= 15 is 0 Å². The molecule has 2 aliphatic rings. The van der Waals surface area contributed by atoms with Crippen LogP contribution in [0.1, 0.15) is 29.8 Å². The highest BCUT2D eigenvalue weighted by atomic mass is 19.1. The topological polar surface area (TPSA) is 81.0 Å². The minimum Gasteiger partial charge on any atom is -0.491 e. The number of hydrogen-bond acceptors (Lipinski definition) is 6. The largest absolute Gasteiger partial charge is 0.491 e. The van der Waals surface area contributed by atoms with Crippen molar-refractivity contribution in [2.45, 2.75) is 32.0 Å². The average molecular weight is 429 g/mol. The fourth-order valence-corrected chi connectivity index (χ4v) is 3.80. The molecule has 1 aromatic carbocycles. The maximum atomic E-state index is 14.1. The van der Waals surface area contributed by atoms with Gasteiger partial charge in [-0.1, -0.05) is 0 Å². The van der Waals surface area contributed by atoms with Crippen LogP contribution in [-0.2, 0) is 6.54 Å². The first-order valence-corrected chi connectivity index (χ1v) is 9.92. The predicted octanol–water partition coefficient (Wildman–Crippen LogP) is 2.51. The zero-order valence-electron chi connectivity index (χ0n) is 17.1. The van der Waals surface area contributed by atoms with E-state index in [0.717, 1.165) is 0 Å². The molecule has 31 heavy (non-hydrogen) atoms. The van der Waals surface area contributed by atoms with Crippen molar-refractivity contribution in [1.29, 1.82) is 0 Å². The van der Waals surface area contributed by atoms with Gasteiger partial charge in [-0.05, 0) is 32.0 Å². The molecule has 0 saturated heterocycles. The Labute approximate surface area is 176 Å². The monoisotopic (exact) mass is 429 g/mol. The molecule has 4 heterocycles. The first-order valence-electron chi connectivity index (χ1n) is 9.92. The van der Waals surface area contributed by atoms with E-state index < -0.39 is 24.1 Å². The Balaban J connectivity index is 1.72. The van der Waals surface area contributed by atoms with Crippen LogP contribution >= 0.6 is 0 Å². The van der Waals surface area contributed by atoms with Crippen molar-refractivity contribution in [2.75, 3.05) is 24.8 Å². The van der Waals surface area contributed by atoms with Crippen LogP contribution < -0.4 is 19.7 Å². The first kappa shape index (κ1) is 19.5. The molecule has 8 nitrogen and oxygen atoms in total. The number of carbonyl (C=O) groups excluding carboxylic acids is 1. The number of nitrogens with one attached hydrogen (secondary N) is 1. The van der Waals surface area contributed by atoms with E-state index in [1.54, 1.807) is 17.2 Å². The van der Waals surface area contributed by atoms with Crippen LogP contribution in [0.4, 0.5) is 14.6 Å². The lowest BCUT2D eigenvalue weighted by Crippen LogP contribution is -2.47. The molecule has 0 fully saturated rings. The number of carbonyl (C=O) groups is 1. The summed E-state index contributed by atoms with van der Waals surface area (Å²) in [7, 11) is 0. The van der Waals surface area contributed by atoms with Crippen LogP contribution in [0.15, 0.2) is 30.6 Å². The molecule has 10 heteroatoms. The number of nitrogens with zero attached hydrogens (tertiary/aromatic N) is 4. The smallest absolute Gasteiger partial charge is 0.257 e. The van der Waals surface area contributed by atoms with Gasteiger partial charge in [-0.3, -0.25) is 4.79 Å². The van der Waals surface area contributed by atoms with E-state index in [0.29, 0.717) is 28.5 Å². The van der Waals surface area contributed by atoms with Gasteiger partial charge in [-0.2, -0.15) is 5.10 Å². The summed E-state index contributed by atoms with van der Waals surface area (Å²) in [5, 5.41) is 7.14. The van der Waals surface area contributed by atoms with E-state index in [2.05, 4.69) is 15.4 Å². The summed E-state index contributed by atoms with van der Waals surface area (Å²) in [6, 6.07) is 3.59. The van der Waals surface area contributed by atoms with Gasteiger partial charge < -0.3 is 19.7 Å². The van der Waals surface area contributed by atoms with Crippen molar-refractivity contribution in [3.05, 3.63) is 47.5 Å². The van der Waals surface area contributed by atoms with E-state index in [1.165, 1.54) is 22.8 Å². The molecule has 0 radical (unpaired) electrons. The Morgan fingerprint density at radius 1 is 1.29 bits per heavy atom. The van der Waals surface area contributed by atoms with Crippen molar-refractivity contribution in [3.8, 4) is 11.5 Å². The quantitative estimate of drug-likeness (QED) is 0.640. The van der Waals surface area contributed by atoms with Crippen molar-refractivity contribution in [3.63, 3.8) is 0 Å². The van der Waals surface area contributed by atoms with Crippen molar-refractivity contribution >= 4 is 17.4 Å². The van der Waals surface area contributed by atoms with E-state index in [9.17, 15) is 13.6 Å². The van der Waals surface area contributed by atoms with Gasteiger partial charge in [0.05, 0.1) is 24.0 Å². The maximum Gasteiger partial charge on any atom is 0.257 e. The number of alkyl halides is 1. The number of amides is 1. The Kier molecular flexibility index (Phi) is 4.45. The number of hydrogen-bond donors (Lipinski definition) is 1. The van der Waals surface area contributed by atoms with Crippen LogP contribution in [-0.4, -0.2) is 52.0 Å². The highest BCUT2D eigenvalue weighted by Gasteiger charge is 2.33. The average Bonchev–Trinajstić information content (AvgIpc) is 3.14. The molecule has 0 unspecified atom stereocenters. The van der Waals surface area contributed by atoms with Crippen LogP contribution in [0, 0.1) is 5.82 Å². The molecule has 0 saturated carbocycles. The minimum atomic E-state index is -0.730. The van der Waals surface area contributed by atoms with Gasteiger partial charge in [0.2, 0.25) is 0 Å². The van der Waals surface area contributed by atoms with E-state index in [1.807, 2.05) is 13.8 Å². The fraction of sp³-hybridized carbons (Fsp3) is 0.381. The van der Waals surface area contributed by atoms with E-state index in [-0.39, 0.29) is 31.2 Å². The summed E-state index contributed by atoms with van der Waals surface area (Å²) in [5.74, 6) is 0.439. The molecule has 1 atom stereocenters. The zero-order valence-corrected chi connectivity index (χ0v) is 17.1. The first-order chi connectivity index (χ1) is 14.8. The number of halogens is 2. The summed E-state index contributed by atoms with van der Waals surface area (Å²) >= 11 is 0. The van der Waals surface area contributed by atoms with Crippen molar-refractivity contribution in [1.82, 2.24) is 19.9 Å². The second-order valence-corrected chi connectivity index (χ2v) is 8.38. The predicted molar refractivity (Wildman–Crippen MR) is 108 cm³/mol. The van der Waals surface area contributed by atoms with Crippen molar-refractivity contribution in [2.24, 2.45) is 0 Å². The standard InChI is InChI=1S/C21H21F2N5O3/c1-21(2)11-31-16-4-3-13(23)5-12(16)8-27-14(6-22)10-30-17-9-28-18(25-19(17)27)15(7-24-28)20(29)26-21/h3-5,7,9,14H,6,8,10-11H2,1-2H3,(H,26,29)/t14-/m1/s1. The second kappa shape index (κ2) is 7.07. The Hall–Kier alpha value is -3.43. The lowest BCUT2D eigenvalue weighted by Gasteiger charge is -2.36. The highest BCUT2D eigenvalue weighted by Crippen LogP contribution is 2.36. The lowest BCUT2D eigenvalue weighted by atomic mass is 10.1. The minimum absolute atomic E-state index is 0.101. The SMILES string of the molecule is CC1(C)COc2ccc(F)cc2CN2c3nc4c(cnn4cc3OC[C@H]2CF)C(=O)N1. The number of ether oxygens (including phenoxy) is 2. The van der Waals surface area contributed by atoms with Gasteiger partial charge in [-0.25, -0.2) is 18.3 Å². The zero-order chi connectivity index (χ0) is 21.8. The van der Waals surface area contributed by atoms with Gasteiger partial charge in [0.1, 0.15) is 37.0 Å².